The molecular formula is C27H21NdO6Yb. The summed E-state index contributed by atoms with van der Waals surface area (Å²) in [4.78, 5) is 29.9. The van der Waals surface area contributed by atoms with Crippen LogP contribution < -0.4 is 15.3 Å². The Balaban J connectivity index is 0. The van der Waals surface area contributed by atoms with E-state index in [2.05, 4.69) is 0 Å². The number of aliphatic carboxylic acids is 3. The van der Waals surface area contributed by atoms with Gasteiger partial charge in [-0.05, 0) is 34.9 Å². The Morgan fingerprint density at radius 2 is 0.657 bits per heavy atom. The van der Waals surface area contributed by atoms with Crippen LogP contribution in [0.15, 0.2) is 109 Å². The number of carbonyl (C=O) groups is 3. The van der Waals surface area contributed by atoms with Crippen LogP contribution in [0.25, 0.3) is 18.2 Å². The first-order chi connectivity index (χ1) is 15.9. The molecule has 0 spiro atoms. The van der Waals surface area contributed by atoms with Crippen LogP contribution in [0.2, 0.25) is 0 Å². The molecule has 0 aliphatic carbocycles. The molecule has 6 nitrogen and oxygen atoms in total. The van der Waals surface area contributed by atoms with E-state index in [4.69, 9.17) is 0 Å². The molecule has 0 unspecified atom stereocenters. The monoisotopic (exact) mass is 757 g/mol. The summed E-state index contributed by atoms with van der Waals surface area (Å²) in [5.74, 6) is -3.52. The molecule has 3 rings (SSSR count). The van der Waals surface area contributed by atoms with Crippen LogP contribution in [-0.4, -0.2) is 17.9 Å². The molecular weight excluding hydrogens is 738 g/mol. The van der Waals surface area contributed by atoms with Gasteiger partial charge in [0, 0.05) is 46.9 Å². The van der Waals surface area contributed by atoms with Crippen molar-refractivity contribution in [2.45, 2.75) is 0 Å². The Morgan fingerprint density at radius 3 is 0.829 bits per heavy atom. The van der Waals surface area contributed by atoms with E-state index in [9.17, 15) is 29.7 Å². The van der Waals surface area contributed by atoms with Gasteiger partial charge in [-0.3, -0.25) is 0 Å². The third kappa shape index (κ3) is 21.2. The van der Waals surface area contributed by atoms with E-state index in [0.717, 1.165) is 34.9 Å². The van der Waals surface area contributed by atoms with Gasteiger partial charge < -0.3 is 29.7 Å². The zero-order valence-electron chi connectivity index (χ0n) is 18.3. The molecule has 183 valence electrons. The van der Waals surface area contributed by atoms with Gasteiger partial charge in [0.1, 0.15) is 0 Å². The minimum atomic E-state index is -1.17. The van der Waals surface area contributed by atoms with Crippen LogP contribution in [-0.2, 0) is 14.4 Å². The van der Waals surface area contributed by atoms with Crippen molar-refractivity contribution >= 4 is 36.1 Å². The maximum atomic E-state index is 9.97. The van der Waals surface area contributed by atoms with Crippen molar-refractivity contribution in [3.05, 3.63) is 126 Å². The van der Waals surface area contributed by atoms with Crippen molar-refractivity contribution in [3.63, 3.8) is 0 Å². The zero-order valence-corrected chi connectivity index (χ0v) is 23.3. The Bertz CT molecular complexity index is 941. The van der Waals surface area contributed by atoms with Crippen molar-refractivity contribution < 1.29 is 117 Å². The maximum absolute atomic E-state index is 9.97. The molecule has 35 heavy (non-hydrogen) atoms. The molecule has 8 heteroatoms. The average Bonchev–Trinajstić information content (AvgIpc) is 2.83. The molecule has 0 saturated carbocycles. The molecule has 0 fully saturated rings. The van der Waals surface area contributed by atoms with E-state index in [0.29, 0.717) is 0 Å². The molecule has 3 aromatic carbocycles. The number of carbonyl (C=O) groups excluding carboxylic acids is 3. The van der Waals surface area contributed by atoms with Crippen LogP contribution in [0, 0.1) is 87.8 Å². The molecule has 0 aromatic heterocycles. The van der Waals surface area contributed by atoms with Crippen LogP contribution >= 0.6 is 0 Å². The SMILES string of the molecule is O=C([O-])C=Cc1ccccc1.O=C([O-])C=Cc1ccccc1.O=C([O-])C=Cc1ccccc1.[Nd+3].[Yb]. The number of benzene rings is 3. The molecule has 1 radical (unpaired) electrons. The minimum Gasteiger partial charge on any atom is -0.545 e. The van der Waals surface area contributed by atoms with E-state index in [-0.39, 0.29) is 87.8 Å². The number of hydrogen-bond donors (Lipinski definition) is 0. The third-order valence-corrected chi connectivity index (χ3v) is 3.63. The molecule has 0 amide bonds. The van der Waals surface area contributed by atoms with E-state index < -0.39 is 17.9 Å². The van der Waals surface area contributed by atoms with Crippen molar-refractivity contribution in [2.75, 3.05) is 0 Å². The van der Waals surface area contributed by atoms with E-state index in [1.165, 1.54) is 18.2 Å². The first-order valence-corrected chi connectivity index (χ1v) is 9.69. The Hall–Kier alpha value is -1.84. The summed E-state index contributed by atoms with van der Waals surface area (Å²) < 4.78 is 0. The van der Waals surface area contributed by atoms with Gasteiger partial charge in [-0.2, -0.15) is 0 Å². The molecule has 0 aliphatic heterocycles. The summed E-state index contributed by atoms with van der Waals surface area (Å²) in [6, 6.07) is 27.6. The Kier molecular flexibility index (Phi) is 22.8. The van der Waals surface area contributed by atoms with Crippen molar-refractivity contribution in [1.82, 2.24) is 0 Å². The molecule has 0 heterocycles. The fourth-order valence-electron chi connectivity index (χ4n) is 2.19. The van der Waals surface area contributed by atoms with Crippen LogP contribution in [0.3, 0.4) is 0 Å². The van der Waals surface area contributed by atoms with Crippen LogP contribution in [0.5, 0.6) is 0 Å². The molecule has 0 atom stereocenters. The van der Waals surface area contributed by atoms with Gasteiger partial charge in [0.15, 0.2) is 0 Å². The number of rotatable bonds is 6. The van der Waals surface area contributed by atoms with Gasteiger partial charge in [0.25, 0.3) is 0 Å². The normalized spacial score (nSPS) is 9.60. The summed E-state index contributed by atoms with van der Waals surface area (Å²) in [5.41, 5.74) is 2.57. The minimum absolute atomic E-state index is 0. The second-order valence-electron chi connectivity index (χ2n) is 6.19. The Morgan fingerprint density at radius 1 is 0.457 bits per heavy atom. The van der Waals surface area contributed by atoms with E-state index >= 15 is 0 Å². The van der Waals surface area contributed by atoms with Gasteiger partial charge in [0.05, 0.1) is 17.9 Å². The second-order valence-corrected chi connectivity index (χ2v) is 6.19. The summed E-state index contributed by atoms with van der Waals surface area (Å²) >= 11 is 0. The first-order valence-electron chi connectivity index (χ1n) is 9.69. The fraction of sp³-hybridized carbons (Fsp3) is 0. The summed E-state index contributed by atoms with van der Waals surface area (Å²) in [7, 11) is 0. The van der Waals surface area contributed by atoms with Crippen LogP contribution in [0.1, 0.15) is 16.7 Å². The summed E-state index contributed by atoms with van der Waals surface area (Å²) in [6.45, 7) is 0. The standard InChI is InChI=1S/3C9H8O2.Nd.Yb/c3*10-9(11)7-6-8-4-2-1-3-5-8;;/h3*1-7H,(H,10,11);;/q;;;+3;/p-3. The number of carboxylic acid groups (broad SMARTS) is 3. The molecule has 0 bridgehead atoms. The van der Waals surface area contributed by atoms with Gasteiger partial charge >= 0.3 is 40.8 Å². The van der Waals surface area contributed by atoms with Crippen molar-refractivity contribution in [1.29, 1.82) is 0 Å². The third-order valence-electron chi connectivity index (χ3n) is 3.63. The predicted octanol–water partition coefficient (Wildman–Crippen LogP) is 1.35. The van der Waals surface area contributed by atoms with Crippen LogP contribution in [0.4, 0.5) is 0 Å². The largest absolute Gasteiger partial charge is 3.00 e. The van der Waals surface area contributed by atoms with E-state index in [1.54, 1.807) is 0 Å². The quantitative estimate of drug-likeness (QED) is 0.351. The smallest absolute Gasteiger partial charge is 0.545 e. The fourth-order valence-corrected chi connectivity index (χ4v) is 2.19. The number of carboxylic acids is 3. The van der Waals surface area contributed by atoms with Crippen molar-refractivity contribution in [2.24, 2.45) is 0 Å². The Labute approximate surface area is 275 Å². The van der Waals surface area contributed by atoms with Gasteiger partial charge in [-0.1, -0.05) is 109 Å². The topological polar surface area (TPSA) is 120 Å². The average molecular weight is 759 g/mol. The van der Waals surface area contributed by atoms with Gasteiger partial charge in [-0.15, -0.1) is 0 Å². The maximum Gasteiger partial charge on any atom is 3.00 e. The van der Waals surface area contributed by atoms with Gasteiger partial charge in [-0.25, -0.2) is 0 Å². The van der Waals surface area contributed by atoms with Gasteiger partial charge in [0.2, 0.25) is 0 Å². The predicted molar refractivity (Wildman–Crippen MR) is 121 cm³/mol. The summed E-state index contributed by atoms with van der Waals surface area (Å²) in [6.07, 6.45) is 7.51. The molecule has 3 aromatic rings. The second kappa shape index (κ2) is 22.6. The van der Waals surface area contributed by atoms with E-state index in [1.807, 2.05) is 91.0 Å². The first kappa shape index (κ1) is 35.3. The number of hydrogen-bond acceptors (Lipinski definition) is 6. The molecule has 0 aliphatic rings. The zero-order chi connectivity index (χ0) is 24.3. The molecule has 0 saturated heterocycles. The molecule has 0 N–H and O–H groups in total. The van der Waals surface area contributed by atoms with Crippen molar-refractivity contribution in [3.8, 4) is 0 Å². The summed E-state index contributed by atoms with van der Waals surface area (Å²) in [5, 5.41) is 29.9.